The van der Waals surface area contributed by atoms with Gasteiger partial charge in [-0.1, -0.05) is 45.4 Å². The Morgan fingerprint density at radius 3 is 2.08 bits per heavy atom. The lowest BCUT2D eigenvalue weighted by Gasteiger charge is -2.28. The number of hydrogen-bond donors (Lipinski definition) is 2. The molecular formula is C20H34ClN3O2. The molecule has 0 aliphatic rings. The van der Waals surface area contributed by atoms with E-state index in [9.17, 15) is 9.59 Å². The predicted molar refractivity (Wildman–Crippen MR) is 110 cm³/mol. The van der Waals surface area contributed by atoms with Crippen LogP contribution in [0.4, 0.5) is 0 Å². The lowest BCUT2D eigenvalue weighted by Crippen LogP contribution is -2.50. The molecule has 0 aliphatic carbocycles. The van der Waals surface area contributed by atoms with Crippen LogP contribution in [0.15, 0.2) is 24.3 Å². The summed E-state index contributed by atoms with van der Waals surface area (Å²) in [5.41, 5.74) is 7.72. The summed E-state index contributed by atoms with van der Waals surface area (Å²) in [6, 6.07) is 6.85. The summed E-state index contributed by atoms with van der Waals surface area (Å²) in [5, 5.41) is 2.88. The van der Waals surface area contributed by atoms with Gasteiger partial charge in [0.1, 0.15) is 6.04 Å². The highest BCUT2D eigenvalue weighted by Gasteiger charge is 2.27. The number of nitrogens with one attached hydrogen (secondary N) is 1. The number of likely N-dealkylation sites (N-methyl/N-ethyl adjacent to an activating group) is 1. The molecule has 0 aromatic heterocycles. The Bertz CT molecular complexity index is 573. The van der Waals surface area contributed by atoms with E-state index in [4.69, 9.17) is 5.73 Å². The second-order valence-corrected chi connectivity index (χ2v) is 7.52. The van der Waals surface area contributed by atoms with E-state index in [1.165, 1.54) is 0 Å². The zero-order chi connectivity index (χ0) is 19.1. The van der Waals surface area contributed by atoms with Crippen molar-refractivity contribution in [2.45, 2.75) is 53.1 Å². The summed E-state index contributed by atoms with van der Waals surface area (Å²) in [5.74, 6) is 0.0829. The average Bonchev–Trinajstić information content (AvgIpc) is 2.56. The Labute approximate surface area is 164 Å². The molecule has 0 radical (unpaired) electrons. The fraction of sp³-hybridized carbons (Fsp3) is 0.600. The van der Waals surface area contributed by atoms with E-state index in [1.54, 1.807) is 24.1 Å². The van der Waals surface area contributed by atoms with Gasteiger partial charge >= 0.3 is 0 Å². The van der Waals surface area contributed by atoms with Gasteiger partial charge in [-0.05, 0) is 37.3 Å². The Morgan fingerprint density at radius 2 is 1.62 bits per heavy atom. The summed E-state index contributed by atoms with van der Waals surface area (Å²) < 4.78 is 0. The number of carbonyl (C=O) groups is 2. The molecule has 26 heavy (non-hydrogen) atoms. The van der Waals surface area contributed by atoms with Gasteiger partial charge in [0, 0.05) is 25.2 Å². The quantitative estimate of drug-likeness (QED) is 0.724. The van der Waals surface area contributed by atoms with E-state index in [1.807, 2.05) is 32.9 Å². The fourth-order valence-electron chi connectivity index (χ4n) is 2.47. The maximum Gasteiger partial charge on any atom is 0.251 e. The molecule has 1 aromatic rings. The number of aryl methyl sites for hydroxylation is 1. The van der Waals surface area contributed by atoms with Crippen molar-refractivity contribution in [3.05, 3.63) is 35.4 Å². The van der Waals surface area contributed by atoms with Crippen LogP contribution >= 0.6 is 12.4 Å². The number of amides is 2. The molecular weight excluding hydrogens is 350 g/mol. The second-order valence-electron chi connectivity index (χ2n) is 7.52. The number of nitrogens with two attached hydrogens (primary N) is 1. The highest BCUT2D eigenvalue weighted by atomic mass is 35.5. The molecule has 2 unspecified atom stereocenters. The minimum atomic E-state index is -0.547. The van der Waals surface area contributed by atoms with Crippen molar-refractivity contribution < 1.29 is 9.59 Å². The van der Waals surface area contributed by atoms with E-state index in [2.05, 4.69) is 19.2 Å². The van der Waals surface area contributed by atoms with Crippen LogP contribution in [-0.2, 0) is 4.79 Å². The van der Waals surface area contributed by atoms with E-state index < -0.39 is 6.04 Å². The smallest absolute Gasteiger partial charge is 0.251 e. The lowest BCUT2D eigenvalue weighted by molar-refractivity contribution is -0.133. The zero-order valence-electron chi connectivity index (χ0n) is 16.8. The number of carbonyl (C=O) groups excluding carboxylic acids is 2. The highest BCUT2D eigenvalue weighted by molar-refractivity contribution is 5.97. The van der Waals surface area contributed by atoms with E-state index in [-0.39, 0.29) is 36.2 Å². The summed E-state index contributed by atoms with van der Waals surface area (Å²) in [7, 11) is 1.77. The first-order valence-corrected chi connectivity index (χ1v) is 9.01. The molecule has 0 heterocycles. The van der Waals surface area contributed by atoms with Gasteiger partial charge in [0.2, 0.25) is 5.91 Å². The van der Waals surface area contributed by atoms with Crippen LogP contribution in [0, 0.1) is 18.8 Å². The van der Waals surface area contributed by atoms with Crippen molar-refractivity contribution in [1.29, 1.82) is 0 Å². The highest BCUT2D eigenvalue weighted by Crippen LogP contribution is 2.10. The molecule has 1 rings (SSSR count). The van der Waals surface area contributed by atoms with Crippen LogP contribution in [0.2, 0.25) is 0 Å². The van der Waals surface area contributed by atoms with Crippen LogP contribution in [0.25, 0.3) is 0 Å². The average molecular weight is 384 g/mol. The van der Waals surface area contributed by atoms with Crippen molar-refractivity contribution >= 4 is 24.2 Å². The number of rotatable bonds is 8. The van der Waals surface area contributed by atoms with E-state index >= 15 is 0 Å². The number of benzene rings is 1. The molecule has 0 bridgehead atoms. The molecule has 5 nitrogen and oxygen atoms in total. The van der Waals surface area contributed by atoms with Crippen molar-refractivity contribution in [2.75, 3.05) is 13.6 Å². The number of halogens is 1. The van der Waals surface area contributed by atoms with Gasteiger partial charge in [-0.3, -0.25) is 9.59 Å². The second kappa shape index (κ2) is 11.2. The molecule has 6 heteroatoms. The van der Waals surface area contributed by atoms with E-state index in [0.717, 1.165) is 12.0 Å². The van der Waals surface area contributed by atoms with Gasteiger partial charge in [0.05, 0.1) is 0 Å². The van der Waals surface area contributed by atoms with Gasteiger partial charge < -0.3 is 16.0 Å². The van der Waals surface area contributed by atoms with Gasteiger partial charge in [0.15, 0.2) is 0 Å². The summed E-state index contributed by atoms with van der Waals surface area (Å²) in [4.78, 5) is 26.9. The first kappa shape index (κ1) is 24.4. The third-order valence-corrected chi connectivity index (χ3v) is 4.56. The fourth-order valence-corrected chi connectivity index (χ4v) is 2.47. The monoisotopic (exact) mass is 383 g/mol. The van der Waals surface area contributed by atoms with Gasteiger partial charge in [-0.2, -0.15) is 0 Å². The molecule has 2 amide bonds. The Kier molecular flexibility index (Phi) is 10.5. The van der Waals surface area contributed by atoms with Crippen molar-refractivity contribution in [3.63, 3.8) is 0 Å². The number of hydrogen-bond acceptors (Lipinski definition) is 3. The van der Waals surface area contributed by atoms with Crippen molar-refractivity contribution in [1.82, 2.24) is 10.2 Å². The number of nitrogens with zero attached hydrogens (tertiary/aromatic N) is 1. The first-order chi connectivity index (χ1) is 11.6. The molecule has 148 valence electrons. The van der Waals surface area contributed by atoms with Gasteiger partial charge in [-0.25, -0.2) is 0 Å². The third kappa shape index (κ3) is 7.34. The SMILES string of the molecule is Cc1ccc(C(=O)NC(C(=O)N(C)CCC(N)C(C)C)C(C)C)cc1.Cl. The van der Waals surface area contributed by atoms with Gasteiger partial charge in [-0.15, -0.1) is 12.4 Å². The van der Waals surface area contributed by atoms with Crippen LogP contribution in [0.3, 0.4) is 0 Å². The molecule has 3 N–H and O–H groups in total. The molecule has 0 fully saturated rings. The van der Waals surface area contributed by atoms with Crippen LogP contribution in [0.5, 0.6) is 0 Å². The van der Waals surface area contributed by atoms with Crippen LogP contribution in [-0.4, -0.2) is 42.4 Å². The predicted octanol–water partition coefficient (Wildman–Crippen LogP) is 3.00. The summed E-state index contributed by atoms with van der Waals surface area (Å²) in [6.45, 7) is 10.6. The normalized spacial score (nSPS) is 13.1. The first-order valence-electron chi connectivity index (χ1n) is 9.01. The zero-order valence-corrected chi connectivity index (χ0v) is 17.6. The van der Waals surface area contributed by atoms with E-state index in [0.29, 0.717) is 18.0 Å². The Hall–Kier alpha value is -1.59. The third-order valence-electron chi connectivity index (χ3n) is 4.56. The molecule has 0 aliphatic heterocycles. The summed E-state index contributed by atoms with van der Waals surface area (Å²) >= 11 is 0. The standard InChI is InChI=1S/C20H33N3O2.ClH/c1-13(2)17(21)11-12-23(6)20(25)18(14(3)4)22-19(24)16-9-7-15(5)8-10-16;/h7-10,13-14,17-18H,11-12,21H2,1-6H3,(H,22,24);1H. The lowest BCUT2D eigenvalue weighted by atomic mass is 10.00. The Balaban J connectivity index is 0.00000625. The maximum atomic E-state index is 12.8. The topological polar surface area (TPSA) is 75.4 Å². The summed E-state index contributed by atoms with van der Waals surface area (Å²) in [6.07, 6.45) is 0.747. The molecule has 0 saturated carbocycles. The molecule has 0 saturated heterocycles. The van der Waals surface area contributed by atoms with Crippen LogP contribution < -0.4 is 11.1 Å². The molecule has 2 atom stereocenters. The largest absolute Gasteiger partial charge is 0.344 e. The minimum Gasteiger partial charge on any atom is -0.344 e. The minimum absolute atomic E-state index is 0. The van der Waals surface area contributed by atoms with Crippen molar-refractivity contribution in [3.8, 4) is 0 Å². The molecule has 1 aromatic carbocycles. The van der Waals surface area contributed by atoms with Crippen molar-refractivity contribution in [2.24, 2.45) is 17.6 Å². The Morgan fingerprint density at radius 1 is 1.08 bits per heavy atom. The van der Waals surface area contributed by atoms with Gasteiger partial charge in [0.25, 0.3) is 5.91 Å². The van der Waals surface area contributed by atoms with Crippen LogP contribution in [0.1, 0.15) is 50.0 Å². The molecule has 0 spiro atoms. The maximum absolute atomic E-state index is 12.8.